The van der Waals surface area contributed by atoms with E-state index in [1.807, 2.05) is 18.3 Å². The Balaban J connectivity index is 1.76. The average molecular weight is 281 g/mol. The summed E-state index contributed by atoms with van der Waals surface area (Å²) in [5.41, 5.74) is 7.77. The van der Waals surface area contributed by atoms with Gasteiger partial charge in [-0.2, -0.15) is 0 Å². The molecular weight excluding hydrogens is 266 g/mol. The quantitative estimate of drug-likeness (QED) is 0.630. The van der Waals surface area contributed by atoms with Crippen LogP contribution in [0.4, 0.5) is 11.6 Å². The maximum absolute atomic E-state index is 12.0. The molecule has 106 valence electrons. The van der Waals surface area contributed by atoms with Gasteiger partial charge in [0, 0.05) is 24.6 Å². The number of rotatable bonds is 4. The zero-order valence-corrected chi connectivity index (χ0v) is 11.3. The molecule has 0 fully saturated rings. The molecule has 0 amide bonds. The van der Waals surface area contributed by atoms with Gasteiger partial charge in [-0.25, -0.2) is 4.98 Å². The first-order valence-corrected chi connectivity index (χ1v) is 6.65. The Morgan fingerprint density at radius 3 is 3.00 bits per heavy atom. The molecule has 4 N–H and O–H groups in total. The Kier molecular flexibility index (Phi) is 3.51. The maximum Gasteiger partial charge on any atom is 0.260 e. The number of aromatic nitrogens is 3. The van der Waals surface area contributed by atoms with Crippen LogP contribution in [0.1, 0.15) is 5.56 Å². The summed E-state index contributed by atoms with van der Waals surface area (Å²) in [4.78, 5) is 23.1. The number of benzene rings is 1. The normalized spacial score (nSPS) is 10.7. The van der Waals surface area contributed by atoms with Crippen molar-refractivity contribution < 1.29 is 0 Å². The van der Waals surface area contributed by atoms with Crippen LogP contribution in [0.3, 0.4) is 0 Å². The minimum absolute atomic E-state index is 0.198. The predicted octanol–water partition coefficient (Wildman–Crippen LogP) is 1.55. The Labute approximate surface area is 121 Å². The molecule has 0 unspecified atom stereocenters. The van der Waals surface area contributed by atoms with Crippen molar-refractivity contribution in [3.8, 4) is 0 Å². The highest BCUT2D eigenvalue weighted by atomic mass is 16.1. The third kappa shape index (κ3) is 3.00. The van der Waals surface area contributed by atoms with E-state index in [2.05, 4.69) is 20.3 Å². The Hall–Kier alpha value is -2.89. The van der Waals surface area contributed by atoms with Gasteiger partial charge in [0.25, 0.3) is 5.56 Å². The van der Waals surface area contributed by atoms with Crippen molar-refractivity contribution in [2.45, 2.75) is 6.42 Å². The molecule has 3 rings (SSSR count). The summed E-state index contributed by atoms with van der Waals surface area (Å²) in [7, 11) is 0. The number of nitrogens with one attached hydrogen (secondary N) is 2. The van der Waals surface area contributed by atoms with Crippen LogP contribution in [-0.2, 0) is 6.42 Å². The highest BCUT2D eigenvalue weighted by molar-refractivity contribution is 5.81. The molecule has 3 aromatic rings. The lowest BCUT2D eigenvalue weighted by atomic mass is 10.2. The van der Waals surface area contributed by atoms with Gasteiger partial charge in [-0.05, 0) is 36.2 Å². The maximum atomic E-state index is 12.0. The molecule has 0 atom stereocenters. The Morgan fingerprint density at radius 1 is 1.29 bits per heavy atom. The van der Waals surface area contributed by atoms with Gasteiger partial charge in [0.1, 0.15) is 0 Å². The van der Waals surface area contributed by atoms with Crippen LogP contribution in [0.5, 0.6) is 0 Å². The van der Waals surface area contributed by atoms with Gasteiger partial charge in [-0.3, -0.25) is 14.8 Å². The van der Waals surface area contributed by atoms with Crippen LogP contribution in [0, 0.1) is 0 Å². The van der Waals surface area contributed by atoms with Crippen molar-refractivity contribution in [3.05, 3.63) is 58.6 Å². The number of nitrogens with zero attached hydrogens (tertiary/aromatic N) is 2. The fourth-order valence-corrected chi connectivity index (χ4v) is 2.11. The summed E-state index contributed by atoms with van der Waals surface area (Å²) >= 11 is 0. The third-order valence-corrected chi connectivity index (χ3v) is 3.16. The number of pyridine rings is 1. The standard InChI is InChI=1S/C15H15N5O/c16-11-3-4-13-12(8-11)14(21)20-15(19-13)18-7-5-10-2-1-6-17-9-10/h1-4,6,8-9H,5,7,16H2,(H2,18,19,20,21). The van der Waals surface area contributed by atoms with Crippen LogP contribution >= 0.6 is 0 Å². The second-order valence-electron chi connectivity index (χ2n) is 4.73. The molecule has 1 aromatic carbocycles. The predicted molar refractivity (Wildman–Crippen MR) is 83.2 cm³/mol. The van der Waals surface area contributed by atoms with Crippen LogP contribution in [-0.4, -0.2) is 21.5 Å². The monoisotopic (exact) mass is 281 g/mol. The van der Waals surface area contributed by atoms with E-state index in [9.17, 15) is 4.79 Å². The van der Waals surface area contributed by atoms with Crippen molar-refractivity contribution in [3.63, 3.8) is 0 Å². The van der Waals surface area contributed by atoms with E-state index in [-0.39, 0.29) is 5.56 Å². The summed E-state index contributed by atoms with van der Waals surface area (Å²) < 4.78 is 0. The minimum atomic E-state index is -0.198. The van der Waals surface area contributed by atoms with E-state index >= 15 is 0 Å². The third-order valence-electron chi connectivity index (χ3n) is 3.16. The van der Waals surface area contributed by atoms with Gasteiger partial charge in [0.05, 0.1) is 10.9 Å². The first-order valence-electron chi connectivity index (χ1n) is 6.65. The summed E-state index contributed by atoms with van der Waals surface area (Å²) in [5.74, 6) is 0.459. The number of hydrogen-bond donors (Lipinski definition) is 3. The van der Waals surface area contributed by atoms with E-state index < -0.39 is 0 Å². The van der Waals surface area contributed by atoms with Gasteiger partial charge < -0.3 is 11.1 Å². The zero-order chi connectivity index (χ0) is 14.7. The van der Waals surface area contributed by atoms with E-state index in [1.165, 1.54) is 0 Å². The van der Waals surface area contributed by atoms with Gasteiger partial charge in [-0.15, -0.1) is 0 Å². The second-order valence-corrected chi connectivity index (χ2v) is 4.73. The fourth-order valence-electron chi connectivity index (χ4n) is 2.11. The van der Waals surface area contributed by atoms with Crippen LogP contribution in [0.25, 0.3) is 10.9 Å². The molecule has 0 bridgehead atoms. The number of anilines is 2. The van der Waals surface area contributed by atoms with Crippen molar-refractivity contribution in [2.24, 2.45) is 0 Å². The number of hydrogen-bond acceptors (Lipinski definition) is 5. The van der Waals surface area contributed by atoms with Gasteiger partial charge in [-0.1, -0.05) is 6.07 Å². The highest BCUT2D eigenvalue weighted by Gasteiger charge is 2.04. The Morgan fingerprint density at radius 2 is 2.19 bits per heavy atom. The van der Waals surface area contributed by atoms with Crippen LogP contribution < -0.4 is 16.6 Å². The highest BCUT2D eigenvalue weighted by Crippen LogP contribution is 2.12. The average Bonchev–Trinajstić information content (AvgIpc) is 2.49. The molecule has 0 saturated carbocycles. The molecule has 0 spiro atoms. The summed E-state index contributed by atoms with van der Waals surface area (Å²) in [6.45, 7) is 0.662. The fraction of sp³-hybridized carbons (Fsp3) is 0.133. The zero-order valence-electron chi connectivity index (χ0n) is 11.3. The summed E-state index contributed by atoms with van der Waals surface area (Å²) in [5, 5.41) is 3.61. The largest absolute Gasteiger partial charge is 0.399 e. The molecule has 0 aliphatic rings. The number of nitrogens with two attached hydrogens (primary N) is 1. The minimum Gasteiger partial charge on any atom is -0.399 e. The molecule has 0 aliphatic carbocycles. The molecule has 6 heteroatoms. The number of H-pyrrole nitrogens is 1. The molecule has 2 aromatic heterocycles. The van der Waals surface area contributed by atoms with E-state index in [4.69, 9.17) is 5.73 Å². The lowest BCUT2D eigenvalue weighted by molar-refractivity contribution is 0.976. The van der Waals surface area contributed by atoms with E-state index in [0.717, 1.165) is 12.0 Å². The molecular formula is C15H15N5O. The van der Waals surface area contributed by atoms with E-state index in [1.54, 1.807) is 24.4 Å². The first-order chi connectivity index (χ1) is 10.2. The van der Waals surface area contributed by atoms with Crippen molar-refractivity contribution >= 4 is 22.5 Å². The summed E-state index contributed by atoms with van der Waals surface area (Å²) in [6, 6.07) is 9.00. The van der Waals surface area contributed by atoms with E-state index in [0.29, 0.717) is 29.1 Å². The molecule has 0 saturated heterocycles. The van der Waals surface area contributed by atoms with Gasteiger partial charge >= 0.3 is 0 Å². The van der Waals surface area contributed by atoms with Crippen molar-refractivity contribution in [2.75, 3.05) is 17.6 Å². The van der Waals surface area contributed by atoms with Gasteiger partial charge in [0.2, 0.25) is 5.95 Å². The number of nitrogen functional groups attached to an aromatic ring is 1. The molecule has 0 radical (unpaired) electrons. The first kappa shape index (κ1) is 13.1. The molecule has 21 heavy (non-hydrogen) atoms. The molecule has 0 aliphatic heterocycles. The topological polar surface area (TPSA) is 96.7 Å². The van der Waals surface area contributed by atoms with Gasteiger partial charge in [0.15, 0.2) is 0 Å². The summed E-state index contributed by atoms with van der Waals surface area (Å²) in [6.07, 6.45) is 4.36. The lowest BCUT2D eigenvalue weighted by Gasteiger charge is -2.06. The van der Waals surface area contributed by atoms with Crippen molar-refractivity contribution in [1.29, 1.82) is 0 Å². The van der Waals surface area contributed by atoms with Crippen molar-refractivity contribution in [1.82, 2.24) is 15.0 Å². The van der Waals surface area contributed by atoms with Crippen LogP contribution in [0.15, 0.2) is 47.5 Å². The van der Waals surface area contributed by atoms with Crippen LogP contribution in [0.2, 0.25) is 0 Å². The number of fused-ring (bicyclic) bond motifs is 1. The SMILES string of the molecule is Nc1ccc2nc(NCCc3cccnc3)[nH]c(=O)c2c1. The Bertz CT molecular complexity index is 813. The molecule has 2 heterocycles. The smallest absolute Gasteiger partial charge is 0.260 e. The molecule has 6 nitrogen and oxygen atoms in total. The lowest BCUT2D eigenvalue weighted by Crippen LogP contribution is -2.15. The second kappa shape index (κ2) is 5.62. The number of aromatic amines is 1.